The Morgan fingerprint density at radius 3 is 2.45 bits per heavy atom. The lowest BCUT2D eigenvalue weighted by molar-refractivity contribution is -0.122. The number of carbonyl (C=O) groups is 2. The van der Waals surface area contributed by atoms with Crippen LogP contribution in [0.2, 0.25) is 10.0 Å². The van der Waals surface area contributed by atoms with Crippen molar-refractivity contribution in [2.24, 2.45) is 5.10 Å². The van der Waals surface area contributed by atoms with Crippen LogP contribution < -0.4 is 9.47 Å². The number of aromatic carboxylic acids is 1. The van der Waals surface area contributed by atoms with Crippen LogP contribution in [-0.4, -0.2) is 46.7 Å². The molecular formula is C20H14Cl2N2O5S2. The number of hydrogen-bond donors (Lipinski definition) is 1. The van der Waals surface area contributed by atoms with Gasteiger partial charge in [0.2, 0.25) is 0 Å². The van der Waals surface area contributed by atoms with Crippen molar-refractivity contribution in [2.45, 2.75) is 0 Å². The maximum absolute atomic E-state index is 12.8. The summed E-state index contributed by atoms with van der Waals surface area (Å²) in [5.74, 6) is -1.44. The van der Waals surface area contributed by atoms with E-state index in [1.807, 2.05) is 0 Å². The zero-order valence-corrected chi connectivity index (χ0v) is 19.2. The summed E-state index contributed by atoms with van der Waals surface area (Å²) in [7, 11) is 2.74. The number of ether oxygens (including phenoxy) is 2. The van der Waals surface area contributed by atoms with E-state index in [1.54, 1.807) is 24.3 Å². The first-order valence-corrected chi connectivity index (χ1v) is 10.5. The molecule has 1 aliphatic rings. The van der Waals surface area contributed by atoms with Crippen LogP contribution in [0.1, 0.15) is 21.5 Å². The van der Waals surface area contributed by atoms with Crippen LogP contribution in [0.25, 0.3) is 6.08 Å². The van der Waals surface area contributed by atoms with Crippen LogP contribution in [0, 0.1) is 0 Å². The first-order chi connectivity index (χ1) is 14.8. The highest BCUT2D eigenvalue weighted by Gasteiger charge is 2.33. The third-order valence-corrected chi connectivity index (χ3v) is 6.10. The molecule has 11 heteroatoms. The Labute approximate surface area is 197 Å². The fourth-order valence-electron chi connectivity index (χ4n) is 2.73. The number of carboxylic acid groups (broad SMARTS) is 1. The maximum atomic E-state index is 12.8. The van der Waals surface area contributed by atoms with Gasteiger partial charge in [-0.2, -0.15) is 10.1 Å². The van der Waals surface area contributed by atoms with Crippen LogP contribution in [0.4, 0.5) is 0 Å². The number of benzene rings is 2. The highest BCUT2D eigenvalue weighted by molar-refractivity contribution is 8.26. The van der Waals surface area contributed by atoms with Crippen molar-refractivity contribution in [2.75, 3.05) is 14.2 Å². The number of hydrazone groups is 1. The fourth-order valence-corrected chi connectivity index (χ4v) is 4.39. The molecule has 0 spiro atoms. The molecule has 2 aromatic carbocycles. The Morgan fingerprint density at radius 2 is 1.87 bits per heavy atom. The van der Waals surface area contributed by atoms with E-state index < -0.39 is 11.9 Å². The van der Waals surface area contributed by atoms with Gasteiger partial charge in [0.25, 0.3) is 5.91 Å². The Hall–Kier alpha value is -2.59. The van der Waals surface area contributed by atoms with Crippen LogP contribution in [0.15, 0.2) is 40.3 Å². The standard InChI is InChI=1S/C20H14Cl2N2O5S2/c1-28-14-7-6-10(16(19(26)27)17(14)29-2)8-15-18(25)24(20(30)31-15)23-9-11-12(21)4-3-5-13(11)22/h3-9H,1-2H3,(H,26,27)/b15-8+,23-9+. The van der Waals surface area contributed by atoms with Gasteiger partial charge < -0.3 is 14.6 Å². The molecule has 1 fully saturated rings. The zero-order chi connectivity index (χ0) is 22.7. The lowest BCUT2D eigenvalue weighted by Crippen LogP contribution is -2.22. The molecular weight excluding hydrogens is 483 g/mol. The lowest BCUT2D eigenvalue weighted by atomic mass is 10.0. The number of methoxy groups -OCH3 is 2. The summed E-state index contributed by atoms with van der Waals surface area (Å²) >= 11 is 18.5. The van der Waals surface area contributed by atoms with Gasteiger partial charge >= 0.3 is 5.97 Å². The summed E-state index contributed by atoms with van der Waals surface area (Å²) in [5, 5.41) is 15.5. The largest absolute Gasteiger partial charge is 0.493 e. The Balaban J connectivity index is 1.97. The molecule has 0 aromatic heterocycles. The molecule has 0 bridgehead atoms. The first kappa shape index (κ1) is 23.1. The molecule has 0 radical (unpaired) electrons. The van der Waals surface area contributed by atoms with Crippen molar-refractivity contribution in [3.63, 3.8) is 0 Å². The molecule has 7 nitrogen and oxygen atoms in total. The molecule has 1 heterocycles. The van der Waals surface area contributed by atoms with Gasteiger partial charge in [-0.3, -0.25) is 4.79 Å². The minimum absolute atomic E-state index is 0.0469. The molecule has 1 amide bonds. The Morgan fingerprint density at radius 1 is 1.19 bits per heavy atom. The summed E-state index contributed by atoms with van der Waals surface area (Å²) in [6.45, 7) is 0. The number of hydrogen-bond acceptors (Lipinski definition) is 7. The minimum atomic E-state index is -1.23. The van der Waals surface area contributed by atoms with Crippen LogP contribution in [0.5, 0.6) is 11.5 Å². The molecule has 31 heavy (non-hydrogen) atoms. The Bertz CT molecular complexity index is 1130. The van der Waals surface area contributed by atoms with Crippen molar-refractivity contribution in [3.8, 4) is 11.5 Å². The van der Waals surface area contributed by atoms with E-state index in [2.05, 4.69) is 5.10 Å². The highest BCUT2D eigenvalue weighted by Crippen LogP contribution is 2.38. The highest BCUT2D eigenvalue weighted by atomic mass is 35.5. The van der Waals surface area contributed by atoms with Crippen molar-refractivity contribution in [1.82, 2.24) is 5.01 Å². The molecule has 2 aromatic rings. The van der Waals surface area contributed by atoms with E-state index in [1.165, 1.54) is 32.6 Å². The predicted octanol–water partition coefficient (Wildman–Crippen LogP) is 4.94. The first-order valence-electron chi connectivity index (χ1n) is 8.52. The number of thiocarbonyl (C=S) groups is 1. The quantitative estimate of drug-likeness (QED) is 0.344. The third kappa shape index (κ3) is 4.69. The monoisotopic (exact) mass is 496 g/mol. The summed E-state index contributed by atoms with van der Waals surface area (Å²) < 4.78 is 10.5. The minimum Gasteiger partial charge on any atom is -0.493 e. The summed E-state index contributed by atoms with van der Waals surface area (Å²) in [5.41, 5.74) is 0.555. The predicted molar refractivity (Wildman–Crippen MR) is 126 cm³/mol. The SMILES string of the molecule is COc1ccc(/C=C2/SC(=S)N(/N=C/c3c(Cl)cccc3Cl)C2=O)c(C(=O)O)c1OC. The number of carboxylic acids is 1. The number of carbonyl (C=O) groups excluding carboxylic acids is 1. The number of halogens is 2. The van der Waals surface area contributed by atoms with Crippen molar-refractivity contribution < 1.29 is 24.2 Å². The van der Waals surface area contributed by atoms with Gasteiger partial charge in [-0.05, 0) is 42.1 Å². The molecule has 0 saturated carbocycles. The van der Waals surface area contributed by atoms with Crippen LogP contribution in [0.3, 0.4) is 0 Å². The summed E-state index contributed by atoms with van der Waals surface area (Å²) in [4.78, 5) is 24.9. The van der Waals surface area contributed by atoms with Crippen molar-refractivity contribution in [3.05, 3.63) is 62.0 Å². The van der Waals surface area contributed by atoms with E-state index in [4.69, 9.17) is 44.9 Å². The van der Waals surface area contributed by atoms with Gasteiger partial charge in [-0.15, -0.1) is 0 Å². The fraction of sp³-hybridized carbons (Fsp3) is 0.100. The molecule has 0 aliphatic carbocycles. The number of amides is 1. The zero-order valence-electron chi connectivity index (χ0n) is 16.1. The molecule has 160 valence electrons. The van der Waals surface area contributed by atoms with Gasteiger partial charge in [0.15, 0.2) is 15.8 Å². The van der Waals surface area contributed by atoms with Gasteiger partial charge in [-0.1, -0.05) is 47.1 Å². The van der Waals surface area contributed by atoms with E-state index >= 15 is 0 Å². The average molecular weight is 497 g/mol. The normalized spacial score (nSPS) is 15.2. The van der Waals surface area contributed by atoms with Crippen molar-refractivity contribution >= 4 is 75.7 Å². The molecule has 1 saturated heterocycles. The van der Waals surface area contributed by atoms with Crippen LogP contribution in [-0.2, 0) is 4.79 Å². The van der Waals surface area contributed by atoms with Crippen LogP contribution >= 0.6 is 47.2 Å². The molecule has 1 N–H and O–H groups in total. The van der Waals surface area contributed by atoms with Gasteiger partial charge in [0.05, 0.1) is 35.4 Å². The van der Waals surface area contributed by atoms with E-state index in [9.17, 15) is 14.7 Å². The van der Waals surface area contributed by atoms with E-state index in [-0.39, 0.29) is 31.9 Å². The van der Waals surface area contributed by atoms with E-state index in [0.717, 1.165) is 16.8 Å². The topological polar surface area (TPSA) is 88.4 Å². The molecule has 1 aliphatic heterocycles. The second-order valence-electron chi connectivity index (χ2n) is 5.94. The van der Waals surface area contributed by atoms with Gasteiger partial charge in [0, 0.05) is 5.56 Å². The molecule has 3 rings (SSSR count). The second kappa shape index (κ2) is 9.69. The number of nitrogens with zero attached hydrogens (tertiary/aromatic N) is 2. The smallest absolute Gasteiger partial charge is 0.340 e. The van der Waals surface area contributed by atoms with Gasteiger partial charge in [0.1, 0.15) is 5.56 Å². The van der Waals surface area contributed by atoms with Gasteiger partial charge in [-0.25, -0.2) is 4.79 Å². The average Bonchev–Trinajstić information content (AvgIpc) is 2.99. The van der Waals surface area contributed by atoms with Crippen molar-refractivity contribution in [1.29, 1.82) is 0 Å². The van der Waals surface area contributed by atoms with E-state index in [0.29, 0.717) is 15.6 Å². The number of thioether (sulfide) groups is 1. The third-order valence-electron chi connectivity index (χ3n) is 4.15. The molecule has 0 atom stereocenters. The summed E-state index contributed by atoms with van der Waals surface area (Å²) in [6.07, 6.45) is 2.76. The summed E-state index contributed by atoms with van der Waals surface area (Å²) in [6, 6.07) is 8.04. The lowest BCUT2D eigenvalue weighted by Gasteiger charge is -2.12. The molecule has 0 unspecified atom stereocenters. The maximum Gasteiger partial charge on any atom is 0.340 e. The number of rotatable bonds is 6. The Kier molecular flexibility index (Phi) is 7.22. The second-order valence-corrected chi connectivity index (χ2v) is 8.43.